The predicted molar refractivity (Wildman–Crippen MR) is 77.8 cm³/mol. The topological polar surface area (TPSA) is 35.2 Å². The van der Waals surface area contributed by atoms with Crippen molar-refractivity contribution in [1.82, 2.24) is 0 Å². The number of benzene rings is 2. The van der Waals surface area contributed by atoms with E-state index in [1.807, 2.05) is 6.07 Å². The zero-order chi connectivity index (χ0) is 13.8. The van der Waals surface area contributed by atoms with Crippen molar-refractivity contribution in [1.29, 1.82) is 0 Å². The molecule has 0 fully saturated rings. The van der Waals surface area contributed by atoms with E-state index in [-0.39, 0.29) is 12.4 Å². The second-order valence-electron chi connectivity index (χ2n) is 3.99. The summed E-state index contributed by atoms with van der Waals surface area (Å²) in [5, 5.41) is 0.485. The average molecular weight is 345 g/mol. The molecule has 0 atom stereocenters. The van der Waals surface area contributed by atoms with Crippen LogP contribution >= 0.6 is 27.5 Å². The molecule has 0 saturated heterocycles. The van der Waals surface area contributed by atoms with E-state index in [9.17, 15) is 4.39 Å². The second kappa shape index (κ2) is 6.37. The van der Waals surface area contributed by atoms with Gasteiger partial charge in [0.15, 0.2) is 0 Å². The molecule has 0 radical (unpaired) electrons. The molecule has 2 aromatic rings. The fraction of sp³-hybridized carbons (Fsp3) is 0.143. The van der Waals surface area contributed by atoms with Crippen molar-refractivity contribution < 1.29 is 9.13 Å². The molecule has 0 aliphatic carbocycles. The van der Waals surface area contributed by atoms with Gasteiger partial charge in [0.05, 0.1) is 5.02 Å². The predicted octanol–water partition coefficient (Wildman–Crippen LogP) is 4.28. The maximum absolute atomic E-state index is 13.6. The minimum atomic E-state index is -0.316. The molecule has 2 rings (SSSR count). The summed E-state index contributed by atoms with van der Waals surface area (Å²) in [7, 11) is 0. The van der Waals surface area contributed by atoms with E-state index < -0.39 is 0 Å². The molecule has 2 aromatic carbocycles. The van der Waals surface area contributed by atoms with Gasteiger partial charge in [-0.05, 0) is 35.9 Å². The third kappa shape index (κ3) is 3.69. The maximum atomic E-state index is 13.6. The van der Waals surface area contributed by atoms with Crippen LogP contribution in [0.5, 0.6) is 5.75 Å². The highest BCUT2D eigenvalue weighted by atomic mass is 79.9. The van der Waals surface area contributed by atoms with Gasteiger partial charge in [-0.1, -0.05) is 33.6 Å². The average Bonchev–Trinajstić information content (AvgIpc) is 2.41. The van der Waals surface area contributed by atoms with E-state index in [1.165, 1.54) is 6.07 Å². The Bertz CT molecular complexity index is 592. The summed E-state index contributed by atoms with van der Waals surface area (Å²) in [4.78, 5) is 0. The Kier molecular flexibility index (Phi) is 4.80. The van der Waals surface area contributed by atoms with Gasteiger partial charge in [-0.25, -0.2) is 4.39 Å². The van der Waals surface area contributed by atoms with E-state index in [4.69, 9.17) is 22.1 Å². The smallest absolute Gasteiger partial charge is 0.139 e. The summed E-state index contributed by atoms with van der Waals surface area (Å²) in [6.07, 6.45) is 0. The third-order valence-corrected chi connectivity index (χ3v) is 3.43. The SMILES string of the molecule is NCc1ccc(F)c(COc2cc(Br)ccc2Cl)c1. The Hall–Kier alpha value is -1.10. The molecule has 0 amide bonds. The number of rotatable bonds is 4. The molecule has 2 N–H and O–H groups in total. The van der Waals surface area contributed by atoms with Crippen LogP contribution in [0, 0.1) is 5.82 Å². The van der Waals surface area contributed by atoms with Crippen LogP contribution in [0.2, 0.25) is 5.02 Å². The molecule has 100 valence electrons. The van der Waals surface area contributed by atoms with Crippen LogP contribution in [0.15, 0.2) is 40.9 Å². The Morgan fingerprint density at radius 1 is 1.21 bits per heavy atom. The lowest BCUT2D eigenvalue weighted by Crippen LogP contribution is -2.02. The third-order valence-electron chi connectivity index (χ3n) is 2.62. The molecule has 19 heavy (non-hydrogen) atoms. The number of ether oxygens (including phenoxy) is 1. The van der Waals surface area contributed by atoms with Gasteiger partial charge < -0.3 is 10.5 Å². The summed E-state index contributed by atoms with van der Waals surface area (Å²) < 4.78 is 20.0. The molecule has 0 spiro atoms. The number of halogens is 3. The molecule has 0 unspecified atom stereocenters. The lowest BCUT2D eigenvalue weighted by Gasteiger charge is -2.10. The summed E-state index contributed by atoms with van der Waals surface area (Å²) in [6.45, 7) is 0.473. The molecule has 0 aliphatic rings. The fourth-order valence-corrected chi connectivity index (χ4v) is 2.12. The first-order valence-electron chi connectivity index (χ1n) is 5.65. The highest BCUT2D eigenvalue weighted by Crippen LogP contribution is 2.28. The lowest BCUT2D eigenvalue weighted by atomic mass is 10.1. The fourth-order valence-electron chi connectivity index (χ4n) is 1.61. The zero-order valence-corrected chi connectivity index (χ0v) is 12.3. The van der Waals surface area contributed by atoms with Gasteiger partial charge in [0.2, 0.25) is 0 Å². The molecule has 2 nitrogen and oxygen atoms in total. The summed E-state index contributed by atoms with van der Waals surface area (Å²) in [5.41, 5.74) is 6.85. The molecule has 0 aliphatic heterocycles. The van der Waals surface area contributed by atoms with Gasteiger partial charge in [0, 0.05) is 16.6 Å². The van der Waals surface area contributed by atoms with E-state index >= 15 is 0 Å². The van der Waals surface area contributed by atoms with Gasteiger partial charge in [-0.2, -0.15) is 0 Å². The molecule has 0 heterocycles. The first-order valence-corrected chi connectivity index (χ1v) is 6.82. The lowest BCUT2D eigenvalue weighted by molar-refractivity contribution is 0.299. The van der Waals surface area contributed by atoms with Crippen LogP contribution in [0.4, 0.5) is 4.39 Å². The van der Waals surface area contributed by atoms with Crippen molar-refractivity contribution in [2.24, 2.45) is 5.73 Å². The number of hydrogen-bond acceptors (Lipinski definition) is 2. The van der Waals surface area contributed by atoms with Crippen LogP contribution < -0.4 is 10.5 Å². The monoisotopic (exact) mass is 343 g/mol. The van der Waals surface area contributed by atoms with Crippen LogP contribution in [0.25, 0.3) is 0 Å². The van der Waals surface area contributed by atoms with Gasteiger partial charge in [-0.15, -0.1) is 0 Å². The van der Waals surface area contributed by atoms with E-state index in [0.29, 0.717) is 22.9 Å². The number of hydrogen-bond donors (Lipinski definition) is 1. The molecule has 0 bridgehead atoms. The van der Waals surface area contributed by atoms with Gasteiger partial charge in [0.25, 0.3) is 0 Å². The molecular formula is C14H12BrClFNO. The standard InChI is InChI=1S/C14H12BrClFNO/c15-11-2-3-12(16)14(6-11)19-8-10-5-9(7-18)1-4-13(10)17/h1-6H,7-8,18H2. The number of nitrogens with two attached hydrogens (primary N) is 1. The minimum Gasteiger partial charge on any atom is -0.487 e. The van der Waals surface area contributed by atoms with Crippen LogP contribution in [-0.4, -0.2) is 0 Å². The normalized spacial score (nSPS) is 10.5. The summed E-state index contributed by atoms with van der Waals surface area (Å²) >= 11 is 9.33. The quantitative estimate of drug-likeness (QED) is 0.898. The largest absolute Gasteiger partial charge is 0.487 e. The Balaban J connectivity index is 2.16. The van der Waals surface area contributed by atoms with Crippen molar-refractivity contribution in [3.8, 4) is 5.75 Å². The first-order chi connectivity index (χ1) is 9.10. The molecule has 5 heteroatoms. The first kappa shape index (κ1) is 14.3. The molecular weight excluding hydrogens is 333 g/mol. The maximum Gasteiger partial charge on any atom is 0.139 e. The Morgan fingerprint density at radius 2 is 2.00 bits per heavy atom. The van der Waals surface area contributed by atoms with Crippen molar-refractivity contribution in [2.75, 3.05) is 0 Å². The van der Waals surface area contributed by atoms with Gasteiger partial charge in [-0.3, -0.25) is 0 Å². The van der Waals surface area contributed by atoms with Gasteiger partial charge in [0.1, 0.15) is 18.2 Å². The van der Waals surface area contributed by atoms with Crippen molar-refractivity contribution >= 4 is 27.5 Å². The summed E-state index contributed by atoms with van der Waals surface area (Å²) in [5.74, 6) is 0.192. The Labute approximate surface area is 124 Å². The van der Waals surface area contributed by atoms with E-state index in [1.54, 1.807) is 24.3 Å². The van der Waals surface area contributed by atoms with Crippen LogP contribution in [0.1, 0.15) is 11.1 Å². The zero-order valence-electron chi connectivity index (χ0n) is 10.00. The van der Waals surface area contributed by atoms with Gasteiger partial charge >= 0.3 is 0 Å². The highest BCUT2D eigenvalue weighted by Gasteiger charge is 2.07. The summed E-state index contributed by atoms with van der Waals surface area (Å²) in [6, 6.07) is 10.0. The van der Waals surface area contributed by atoms with E-state index in [0.717, 1.165) is 10.0 Å². The second-order valence-corrected chi connectivity index (χ2v) is 5.32. The molecule has 0 saturated carbocycles. The van der Waals surface area contributed by atoms with Crippen LogP contribution in [0.3, 0.4) is 0 Å². The highest BCUT2D eigenvalue weighted by molar-refractivity contribution is 9.10. The van der Waals surface area contributed by atoms with Crippen molar-refractivity contribution in [2.45, 2.75) is 13.2 Å². The molecule has 0 aromatic heterocycles. The Morgan fingerprint density at radius 3 is 2.74 bits per heavy atom. The minimum absolute atomic E-state index is 0.107. The van der Waals surface area contributed by atoms with Crippen molar-refractivity contribution in [3.63, 3.8) is 0 Å². The van der Waals surface area contributed by atoms with Crippen LogP contribution in [-0.2, 0) is 13.2 Å². The van der Waals surface area contributed by atoms with E-state index in [2.05, 4.69) is 15.9 Å². The van der Waals surface area contributed by atoms with Crippen molar-refractivity contribution in [3.05, 3.63) is 62.8 Å².